The van der Waals surface area contributed by atoms with Crippen molar-refractivity contribution in [3.8, 4) is 0 Å². The van der Waals surface area contributed by atoms with E-state index < -0.39 is 5.60 Å². The molecule has 1 atom stereocenters. The van der Waals surface area contributed by atoms with Gasteiger partial charge in [0, 0.05) is 18.9 Å². The van der Waals surface area contributed by atoms with Crippen molar-refractivity contribution < 1.29 is 53.1 Å². The molecule has 0 heterocycles. The van der Waals surface area contributed by atoms with Gasteiger partial charge < -0.3 is 10.2 Å². The fourth-order valence-corrected chi connectivity index (χ4v) is 1.63. The van der Waals surface area contributed by atoms with Crippen molar-refractivity contribution in [2.45, 2.75) is 78.4 Å². The number of hydrogen-bond donors (Lipinski definition) is 2. The first kappa shape index (κ1) is 27.9. The van der Waals surface area contributed by atoms with Gasteiger partial charge >= 0.3 is 23.7 Å². The monoisotopic (exact) mass is 380 g/mol. The Morgan fingerprint density at radius 2 is 1.29 bits per heavy atom. The minimum absolute atomic E-state index is 0.0555. The van der Waals surface area contributed by atoms with Crippen LogP contribution in [-0.4, -0.2) is 45.1 Å². The fraction of sp³-hybridized carbons (Fsp3) is 0.750. The van der Waals surface area contributed by atoms with Crippen molar-refractivity contribution in [1.29, 1.82) is 0 Å². The van der Waals surface area contributed by atoms with Crippen molar-refractivity contribution in [3.05, 3.63) is 0 Å². The summed E-state index contributed by atoms with van der Waals surface area (Å²) in [7, 11) is 0. The van der Waals surface area contributed by atoms with Crippen molar-refractivity contribution in [2.75, 3.05) is 0 Å². The van der Waals surface area contributed by atoms with E-state index in [0.29, 0.717) is 0 Å². The molecule has 0 aliphatic heterocycles. The van der Waals surface area contributed by atoms with Crippen LogP contribution in [0.1, 0.15) is 66.7 Å². The summed E-state index contributed by atoms with van der Waals surface area (Å²) < 4.78 is 8.25. The Hall–Kier alpha value is -0.886. The second-order valence-corrected chi connectivity index (χ2v) is 6.10. The van der Waals surface area contributed by atoms with Gasteiger partial charge in [-0.25, -0.2) is 0 Å². The number of aliphatic hydroxyl groups excluding tert-OH is 1. The molecule has 0 saturated heterocycles. The molecule has 0 amide bonds. The molecule has 0 aromatic heterocycles. The topological polar surface area (TPSA) is 126 Å². The van der Waals surface area contributed by atoms with Crippen molar-refractivity contribution >= 4 is 23.1 Å². The number of Topliss-reactive ketones (excluding diaryl/α,β-unsaturated/α-hetero) is 4. The summed E-state index contributed by atoms with van der Waals surface area (Å²) in [4.78, 5) is 44.1. The number of ketones is 4. The third-order valence-corrected chi connectivity index (χ3v) is 2.41. The van der Waals surface area contributed by atoms with Gasteiger partial charge in [0.05, 0.1) is 18.4 Å². The zero-order chi connectivity index (χ0) is 19.9. The van der Waals surface area contributed by atoms with Crippen LogP contribution in [0.25, 0.3) is 0 Å². The van der Waals surface area contributed by atoms with E-state index in [0.717, 1.165) is 20.4 Å². The number of hydrogen-bond acceptors (Lipinski definition) is 7. The van der Waals surface area contributed by atoms with Gasteiger partial charge in [-0.1, -0.05) is 0 Å². The van der Waals surface area contributed by atoms with Crippen LogP contribution in [0.2, 0.25) is 0 Å². The molecule has 0 radical (unpaired) electrons. The van der Waals surface area contributed by atoms with Crippen LogP contribution in [0, 0.1) is 0 Å². The van der Waals surface area contributed by atoms with Crippen LogP contribution in [0.15, 0.2) is 0 Å². The SMILES string of the molecule is CC(=O)CC(=O)CCC(C)(O)CC(=O)CC(C)=O.CC(C)O.[O]=[Ti]. The molecule has 0 aromatic rings. The predicted octanol–water partition coefficient (Wildman–Crippen LogP) is 1.27. The molecule has 0 aliphatic carbocycles. The number of rotatable bonds is 9. The van der Waals surface area contributed by atoms with Gasteiger partial charge in [-0.05, 0) is 41.0 Å². The molecule has 2 N–H and O–H groups in total. The molecule has 0 rings (SSSR count). The average molecular weight is 380 g/mol. The van der Waals surface area contributed by atoms with Gasteiger partial charge in [-0.2, -0.15) is 0 Å². The molecule has 0 fully saturated rings. The summed E-state index contributed by atoms with van der Waals surface area (Å²) in [5.74, 6) is -1.05. The molecule has 0 aliphatic rings. The summed E-state index contributed by atoms with van der Waals surface area (Å²) in [6, 6.07) is 0. The molecule has 0 aromatic carbocycles. The number of carbonyl (C=O) groups is 4. The van der Waals surface area contributed by atoms with E-state index >= 15 is 0 Å². The van der Waals surface area contributed by atoms with Gasteiger partial charge in [0.25, 0.3) is 0 Å². The van der Waals surface area contributed by atoms with E-state index in [-0.39, 0.29) is 61.3 Å². The van der Waals surface area contributed by atoms with Gasteiger partial charge in [-0.3, -0.25) is 19.2 Å². The first-order valence-electron chi connectivity index (χ1n) is 7.49. The van der Waals surface area contributed by atoms with Crippen LogP contribution in [0.4, 0.5) is 0 Å². The van der Waals surface area contributed by atoms with Crippen LogP contribution in [-0.2, 0) is 42.9 Å². The maximum atomic E-state index is 11.4. The average Bonchev–Trinajstić information content (AvgIpc) is 2.35. The standard InChI is InChI=1S/C13H20O5.C3H8O.O.Ti/c1-9(14)6-11(16)4-5-13(3,18)8-12(17)7-10(2)15;1-3(2)4;;/h18H,4-8H2,1-3H3;3-4H,1-2H3;;. The summed E-state index contributed by atoms with van der Waals surface area (Å²) in [6.07, 6.45) is -0.488. The van der Waals surface area contributed by atoms with Crippen molar-refractivity contribution in [2.24, 2.45) is 0 Å². The molecular weight excluding hydrogens is 352 g/mol. The molecule has 1 unspecified atom stereocenters. The van der Waals surface area contributed by atoms with Crippen LogP contribution >= 0.6 is 0 Å². The Balaban J connectivity index is -0.000000636. The van der Waals surface area contributed by atoms with Gasteiger partial charge in [0.15, 0.2) is 0 Å². The molecule has 8 heteroatoms. The summed E-state index contributed by atoms with van der Waals surface area (Å²) in [6.45, 7) is 7.53. The molecule has 0 bridgehead atoms. The first-order chi connectivity index (χ1) is 10.9. The quantitative estimate of drug-likeness (QED) is 0.456. The second-order valence-electron chi connectivity index (χ2n) is 6.10. The normalized spacial score (nSPS) is 12.0. The Morgan fingerprint density at radius 1 is 0.958 bits per heavy atom. The Bertz CT molecular complexity index is 414. The van der Waals surface area contributed by atoms with E-state index in [1.54, 1.807) is 13.8 Å². The van der Waals surface area contributed by atoms with Gasteiger partial charge in [0.1, 0.15) is 23.1 Å². The predicted molar refractivity (Wildman–Crippen MR) is 83.1 cm³/mol. The molecular formula is C16H28O7Ti. The Morgan fingerprint density at radius 3 is 1.62 bits per heavy atom. The first-order valence-corrected chi connectivity index (χ1v) is 8.12. The Labute approximate surface area is 154 Å². The van der Waals surface area contributed by atoms with Crippen molar-refractivity contribution in [1.82, 2.24) is 0 Å². The van der Waals surface area contributed by atoms with E-state index in [9.17, 15) is 24.3 Å². The second kappa shape index (κ2) is 15.6. The van der Waals surface area contributed by atoms with Gasteiger partial charge in [0.2, 0.25) is 0 Å². The zero-order valence-corrected chi connectivity index (χ0v) is 16.6. The van der Waals surface area contributed by atoms with E-state index in [2.05, 4.69) is 0 Å². The molecule has 7 nitrogen and oxygen atoms in total. The molecule has 0 saturated carbocycles. The van der Waals surface area contributed by atoms with E-state index in [1.165, 1.54) is 20.8 Å². The summed E-state index contributed by atoms with van der Waals surface area (Å²) >= 11 is 0.750. The minimum atomic E-state index is -1.31. The van der Waals surface area contributed by atoms with E-state index in [4.69, 9.17) is 8.43 Å². The summed E-state index contributed by atoms with van der Waals surface area (Å²) in [5, 5.41) is 18.0. The molecule has 24 heavy (non-hydrogen) atoms. The zero-order valence-electron chi connectivity index (χ0n) is 15.0. The Kier molecular flexibility index (Phi) is 18.2. The molecule has 138 valence electrons. The third-order valence-electron chi connectivity index (χ3n) is 2.41. The van der Waals surface area contributed by atoms with Gasteiger partial charge in [-0.15, -0.1) is 0 Å². The number of aliphatic hydroxyl groups is 2. The van der Waals surface area contributed by atoms with Crippen molar-refractivity contribution in [3.63, 3.8) is 0 Å². The van der Waals surface area contributed by atoms with Crippen LogP contribution in [0.5, 0.6) is 0 Å². The number of carbonyl (C=O) groups excluding carboxylic acids is 4. The summed E-state index contributed by atoms with van der Waals surface area (Å²) in [5.41, 5.74) is -1.31. The maximum absolute atomic E-state index is 11.4. The van der Waals surface area contributed by atoms with Crippen LogP contribution < -0.4 is 0 Å². The fourth-order valence-electron chi connectivity index (χ4n) is 1.63. The van der Waals surface area contributed by atoms with Crippen LogP contribution in [0.3, 0.4) is 0 Å². The third kappa shape index (κ3) is 26.0. The molecule has 0 spiro atoms. The van der Waals surface area contributed by atoms with E-state index in [1.807, 2.05) is 0 Å².